The van der Waals surface area contributed by atoms with Crippen LogP contribution in [0.15, 0.2) is 35.0 Å². The topological polar surface area (TPSA) is 79.6 Å². The third-order valence-corrected chi connectivity index (χ3v) is 4.80. The summed E-state index contributed by atoms with van der Waals surface area (Å²) in [5.41, 5.74) is 5.72. The number of hydrogen-bond donors (Lipinski definition) is 2. The predicted molar refractivity (Wildman–Crippen MR) is 94.9 cm³/mol. The van der Waals surface area contributed by atoms with Crippen molar-refractivity contribution in [1.29, 1.82) is 0 Å². The van der Waals surface area contributed by atoms with E-state index in [1.807, 2.05) is 19.2 Å². The number of H-pyrrole nitrogens is 1. The summed E-state index contributed by atoms with van der Waals surface area (Å²) < 4.78 is 18.9. The van der Waals surface area contributed by atoms with Crippen molar-refractivity contribution in [2.24, 2.45) is 0 Å². The number of hydrogen-bond acceptors (Lipinski definition) is 5. The molecule has 0 atom stereocenters. The van der Waals surface area contributed by atoms with Crippen LogP contribution in [-0.2, 0) is 13.0 Å². The van der Waals surface area contributed by atoms with E-state index < -0.39 is 0 Å². The Morgan fingerprint density at radius 2 is 2.15 bits per heavy atom. The van der Waals surface area contributed by atoms with E-state index in [9.17, 15) is 4.39 Å². The molecule has 0 unspecified atom stereocenters. The number of aromatic nitrogens is 4. The number of benzene rings is 1. The molecular weight excluding hydrogens is 333 g/mol. The Bertz CT molecular complexity index is 1130. The fourth-order valence-electron chi connectivity index (χ4n) is 3.52. The van der Waals surface area contributed by atoms with E-state index in [1.54, 1.807) is 6.07 Å². The Morgan fingerprint density at radius 3 is 3.08 bits per heavy atom. The monoisotopic (exact) mass is 349 g/mol. The maximum atomic E-state index is 13.4. The van der Waals surface area contributed by atoms with Crippen LogP contribution in [0.5, 0.6) is 0 Å². The third-order valence-electron chi connectivity index (χ3n) is 4.80. The molecule has 1 aromatic carbocycles. The minimum Gasteiger partial charge on any atom is -0.351 e. The second-order valence-electron chi connectivity index (χ2n) is 6.49. The lowest BCUT2D eigenvalue weighted by Gasteiger charge is -2.19. The fourth-order valence-corrected chi connectivity index (χ4v) is 3.52. The number of rotatable bonds is 2. The summed E-state index contributed by atoms with van der Waals surface area (Å²) in [6.45, 7) is 3.68. The number of halogens is 1. The lowest BCUT2D eigenvalue weighted by molar-refractivity contribution is 0.431. The van der Waals surface area contributed by atoms with Gasteiger partial charge in [0.05, 0.1) is 0 Å². The molecule has 5 rings (SSSR count). The van der Waals surface area contributed by atoms with Crippen molar-refractivity contribution in [2.75, 3.05) is 6.54 Å². The minimum atomic E-state index is -0.277. The largest absolute Gasteiger partial charge is 0.351 e. The lowest BCUT2D eigenvalue weighted by atomic mass is 9.95. The van der Waals surface area contributed by atoms with Gasteiger partial charge in [-0.25, -0.2) is 4.39 Å². The van der Waals surface area contributed by atoms with E-state index >= 15 is 0 Å². The summed E-state index contributed by atoms with van der Waals surface area (Å²) in [6, 6.07) is 6.40. The first-order valence-corrected chi connectivity index (χ1v) is 8.50. The molecule has 4 aromatic rings. The molecule has 2 N–H and O–H groups in total. The molecule has 0 bridgehead atoms. The highest BCUT2D eigenvalue weighted by atomic mass is 19.1. The van der Waals surface area contributed by atoms with Crippen LogP contribution >= 0.6 is 0 Å². The predicted octanol–water partition coefficient (Wildman–Crippen LogP) is 3.37. The normalized spacial score (nSPS) is 13.9. The van der Waals surface area contributed by atoms with Gasteiger partial charge in [-0.05, 0) is 55.3 Å². The molecule has 3 aromatic heterocycles. The highest BCUT2D eigenvalue weighted by molar-refractivity contribution is 5.84. The van der Waals surface area contributed by atoms with Crippen LogP contribution in [0.4, 0.5) is 4.39 Å². The molecule has 7 heteroatoms. The minimum absolute atomic E-state index is 0.277. The number of pyridine rings is 1. The van der Waals surface area contributed by atoms with Gasteiger partial charge in [-0.1, -0.05) is 5.16 Å². The second kappa shape index (κ2) is 5.74. The van der Waals surface area contributed by atoms with Gasteiger partial charge in [-0.2, -0.15) is 4.98 Å². The Morgan fingerprint density at radius 1 is 1.23 bits per heavy atom. The van der Waals surface area contributed by atoms with Crippen LogP contribution < -0.4 is 5.32 Å². The van der Waals surface area contributed by atoms with Crippen LogP contribution in [0.1, 0.15) is 16.8 Å². The second-order valence-corrected chi connectivity index (χ2v) is 6.49. The van der Waals surface area contributed by atoms with Gasteiger partial charge in [0.15, 0.2) is 0 Å². The molecule has 6 nitrogen and oxygen atoms in total. The average Bonchev–Trinajstić information content (AvgIpc) is 3.28. The average molecular weight is 349 g/mol. The molecule has 0 amide bonds. The molecular formula is C19H16FN5O. The molecule has 0 fully saturated rings. The summed E-state index contributed by atoms with van der Waals surface area (Å²) in [6.07, 6.45) is 2.82. The van der Waals surface area contributed by atoms with Crippen molar-refractivity contribution in [3.8, 4) is 23.0 Å². The van der Waals surface area contributed by atoms with Gasteiger partial charge in [0.25, 0.3) is 5.89 Å². The van der Waals surface area contributed by atoms with Gasteiger partial charge in [-0.15, -0.1) is 0 Å². The van der Waals surface area contributed by atoms with E-state index in [4.69, 9.17) is 4.52 Å². The van der Waals surface area contributed by atoms with Crippen molar-refractivity contribution < 1.29 is 8.91 Å². The summed E-state index contributed by atoms with van der Waals surface area (Å²) >= 11 is 0. The molecule has 1 aliphatic heterocycles. The molecule has 4 heterocycles. The summed E-state index contributed by atoms with van der Waals surface area (Å²) in [7, 11) is 0. The first-order chi connectivity index (χ1) is 12.7. The summed E-state index contributed by atoms with van der Waals surface area (Å²) in [4.78, 5) is 12.3. The zero-order valence-corrected chi connectivity index (χ0v) is 14.1. The molecule has 0 saturated heterocycles. The number of nitrogens with zero attached hydrogens (tertiary/aromatic N) is 3. The van der Waals surface area contributed by atoms with E-state index in [1.165, 1.54) is 23.3 Å². The lowest BCUT2D eigenvalue weighted by Crippen LogP contribution is -2.24. The SMILES string of the molecule is Cc1ncc2c(c1-c1noc(-c3cc4cc(F)ccc4[nH]3)n1)CCNC2. The van der Waals surface area contributed by atoms with Gasteiger partial charge < -0.3 is 14.8 Å². The maximum absolute atomic E-state index is 13.4. The number of aromatic amines is 1. The van der Waals surface area contributed by atoms with Crippen LogP contribution in [0.3, 0.4) is 0 Å². The van der Waals surface area contributed by atoms with Gasteiger partial charge in [0.2, 0.25) is 5.82 Å². The number of nitrogens with one attached hydrogen (secondary N) is 2. The van der Waals surface area contributed by atoms with E-state index in [0.717, 1.165) is 41.7 Å². The zero-order valence-electron chi connectivity index (χ0n) is 14.1. The Balaban J connectivity index is 1.60. The van der Waals surface area contributed by atoms with Gasteiger partial charge in [0.1, 0.15) is 11.5 Å². The molecule has 0 aliphatic carbocycles. The van der Waals surface area contributed by atoms with Crippen molar-refractivity contribution >= 4 is 10.9 Å². The van der Waals surface area contributed by atoms with Gasteiger partial charge in [0, 0.05) is 34.9 Å². The quantitative estimate of drug-likeness (QED) is 0.580. The Hall–Kier alpha value is -3.06. The first kappa shape index (κ1) is 15.2. The molecule has 0 saturated carbocycles. The zero-order chi connectivity index (χ0) is 17.7. The maximum Gasteiger partial charge on any atom is 0.274 e. The van der Waals surface area contributed by atoms with Crippen molar-refractivity contribution in [1.82, 2.24) is 25.4 Å². The van der Waals surface area contributed by atoms with Gasteiger partial charge in [-0.3, -0.25) is 4.98 Å². The number of fused-ring (bicyclic) bond motifs is 2. The third kappa shape index (κ3) is 2.40. The Labute approximate surface area is 148 Å². The van der Waals surface area contributed by atoms with Crippen molar-refractivity contribution in [2.45, 2.75) is 19.9 Å². The standard InChI is InChI=1S/C19H16FN5O/c1-10-17(14-4-5-21-8-12(14)9-22-10)18-24-19(26-25-18)16-7-11-6-13(20)2-3-15(11)23-16/h2-3,6-7,9,21,23H,4-5,8H2,1H3. The first-order valence-electron chi connectivity index (χ1n) is 8.50. The molecule has 0 spiro atoms. The van der Waals surface area contributed by atoms with Crippen LogP contribution in [0.25, 0.3) is 33.9 Å². The Kier molecular flexibility index (Phi) is 3.36. The highest BCUT2D eigenvalue weighted by Crippen LogP contribution is 2.31. The summed E-state index contributed by atoms with van der Waals surface area (Å²) in [5.74, 6) is 0.636. The molecule has 130 valence electrons. The van der Waals surface area contributed by atoms with Crippen LogP contribution in [0, 0.1) is 12.7 Å². The van der Waals surface area contributed by atoms with Crippen molar-refractivity contribution in [3.63, 3.8) is 0 Å². The highest BCUT2D eigenvalue weighted by Gasteiger charge is 2.21. The van der Waals surface area contributed by atoms with E-state index in [-0.39, 0.29) is 5.82 Å². The molecule has 26 heavy (non-hydrogen) atoms. The molecule has 1 aliphatic rings. The van der Waals surface area contributed by atoms with Crippen LogP contribution in [0.2, 0.25) is 0 Å². The van der Waals surface area contributed by atoms with Gasteiger partial charge >= 0.3 is 0 Å². The smallest absolute Gasteiger partial charge is 0.274 e. The van der Waals surface area contributed by atoms with Crippen molar-refractivity contribution in [3.05, 3.63) is 53.1 Å². The number of aryl methyl sites for hydroxylation is 1. The fraction of sp³-hybridized carbons (Fsp3) is 0.211. The molecule has 0 radical (unpaired) electrons. The van der Waals surface area contributed by atoms with E-state index in [0.29, 0.717) is 17.4 Å². The van der Waals surface area contributed by atoms with E-state index in [2.05, 4.69) is 25.4 Å². The summed E-state index contributed by atoms with van der Waals surface area (Å²) in [5, 5.41) is 8.29. The van der Waals surface area contributed by atoms with Crippen LogP contribution in [-0.4, -0.2) is 26.7 Å².